The first-order valence-corrected chi connectivity index (χ1v) is 9.34. The Bertz CT molecular complexity index is 637. The third-order valence-electron chi connectivity index (χ3n) is 3.96. The highest BCUT2D eigenvalue weighted by atomic mass is 31.1. The number of hydrogen-bond donors (Lipinski definition) is 4. The molecule has 0 radical (unpaired) electrons. The molecular formula is C15H24N5O3P. The topological polar surface area (TPSA) is 131 Å². The fraction of sp³-hybridized carbons (Fsp3) is 0.467. The van der Waals surface area contributed by atoms with Crippen molar-refractivity contribution in [1.29, 1.82) is 0 Å². The van der Waals surface area contributed by atoms with E-state index < -0.39 is 19.1 Å². The second-order valence-corrected chi connectivity index (χ2v) is 7.66. The molecule has 1 aromatic carbocycles. The maximum Gasteiger partial charge on any atom is 0.265 e. The lowest BCUT2D eigenvalue weighted by molar-refractivity contribution is -0.136. The van der Waals surface area contributed by atoms with E-state index in [-0.39, 0.29) is 5.91 Å². The average molecular weight is 353 g/mol. The molecule has 2 atom stereocenters. The van der Waals surface area contributed by atoms with Gasteiger partial charge in [0.2, 0.25) is 0 Å². The number of amides is 2. The van der Waals surface area contributed by atoms with E-state index in [2.05, 4.69) is 10.4 Å². The monoisotopic (exact) mass is 353 g/mol. The maximum absolute atomic E-state index is 12.6. The number of anilines is 1. The van der Waals surface area contributed by atoms with E-state index in [1.165, 1.54) is 0 Å². The van der Waals surface area contributed by atoms with E-state index >= 15 is 0 Å². The van der Waals surface area contributed by atoms with Gasteiger partial charge in [0, 0.05) is 24.3 Å². The molecule has 1 aromatic rings. The average Bonchev–Trinajstić information content (AvgIpc) is 2.58. The normalized spacial score (nSPS) is 22.1. The van der Waals surface area contributed by atoms with Gasteiger partial charge in [-0.3, -0.25) is 14.6 Å². The Morgan fingerprint density at radius 3 is 2.67 bits per heavy atom. The summed E-state index contributed by atoms with van der Waals surface area (Å²) in [6.45, 7) is 3.00. The molecule has 1 heterocycles. The van der Waals surface area contributed by atoms with E-state index in [4.69, 9.17) is 11.6 Å². The van der Waals surface area contributed by atoms with Gasteiger partial charge < -0.3 is 20.7 Å². The van der Waals surface area contributed by atoms with Crippen LogP contribution in [0.1, 0.15) is 36.5 Å². The fourth-order valence-corrected chi connectivity index (χ4v) is 3.89. The number of carbonyl (C=O) groups excluding carboxylic acids is 2. The zero-order valence-corrected chi connectivity index (χ0v) is 14.7. The molecule has 0 spiro atoms. The highest BCUT2D eigenvalue weighted by Crippen LogP contribution is 2.41. The molecule has 9 heteroatoms. The molecule has 8 nitrogen and oxygen atoms in total. The summed E-state index contributed by atoms with van der Waals surface area (Å²) >= 11 is 0. The first-order valence-electron chi connectivity index (χ1n) is 7.93. The van der Waals surface area contributed by atoms with Crippen molar-refractivity contribution in [2.24, 2.45) is 11.6 Å². The number of carbonyl (C=O) groups is 2. The predicted octanol–water partition coefficient (Wildman–Crippen LogP) is 0.864. The van der Waals surface area contributed by atoms with Crippen molar-refractivity contribution >= 4 is 25.5 Å². The molecule has 1 unspecified atom stereocenters. The minimum atomic E-state index is -2.66. The molecule has 132 valence electrons. The van der Waals surface area contributed by atoms with Crippen LogP contribution in [-0.2, 0) is 9.36 Å². The van der Waals surface area contributed by atoms with Gasteiger partial charge in [0.25, 0.3) is 11.8 Å². The van der Waals surface area contributed by atoms with Crippen LogP contribution in [0.25, 0.3) is 0 Å². The zero-order valence-electron chi connectivity index (χ0n) is 13.7. The van der Waals surface area contributed by atoms with Gasteiger partial charge in [-0.1, -0.05) is 6.92 Å². The molecule has 1 saturated heterocycles. The lowest BCUT2D eigenvalue weighted by atomic mass is 10.1. The second kappa shape index (κ2) is 7.79. The van der Waals surface area contributed by atoms with Crippen LogP contribution in [0.5, 0.6) is 0 Å². The van der Waals surface area contributed by atoms with Gasteiger partial charge in [0.15, 0.2) is 13.2 Å². The first kappa shape index (κ1) is 18.4. The molecule has 6 N–H and O–H groups in total. The van der Waals surface area contributed by atoms with E-state index in [0.717, 1.165) is 11.4 Å². The third-order valence-corrected chi connectivity index (χ3v) is 5.75. The number of piperidine rings is 1. The third kappa shape index (κ3) is 3.95. The minimum absolute atomic E-state index is 0.160. The molecule has 2 amide bonds. The van der Waals surface area contributed by atoms with Gasteiger partial charge >= 0.3 is 0 Å². The van der Waals surface area contributed by atoms with Gasteiger partial charge in [-0.2, -0.15) is 0 Å². The number of nitrogens with zero attached hydrogens (tertiary/aromatic N) is 1. The molecule has 1 aliphatic heterocycles. The van der Waals surface area contributed by atoms with Gasteiger partial charge in [-0.05, 0) is 43.5 Å². The second-order valence-electron chi connectivity index (χ2n) is 5.86. The van der Waals surface area contributed by atoms with Crippen LogP contribution in [0.2, 0.25) is 0 Å². The van der Waals surface area contributed by atoms with E-state index in [9.17, 15) is 14.2 Å². The number of rotatable bonds is 6. The van der Waals surface area contributed by atoms with Crippen molar-refractivity contribution in [1.82, 2.24) is 10.3 Å². The predicted molar refractivity (Wildman–Crippen MR) is 93.7 cm³/mol. The minimum Gasteiger partial charge on any atom is -0.352 e. The molecular weight excluding hydrogens is 329 g/mol. The number of hydrazine groups is 1. The van der Waals surface area contributed by atoms with Crippen molar-refractivity contribution in [2.45, 2.75) is 31.5 Å². The standard InChI is InChI=1S/C15H24N5O3P/c1-2-9-18-13(21)11-4-6-12(7-5-11)19-24(23)15(16)8-3-10-20(17)14(15)22/h4-7,24H,2-3,8-10,16-17H2,1H3,(H,18,21)(H,19,23)/t15-/m0/s1. The summed E-state index contributed by atoms with van der Waals surface area (Å²) in [4.78, 5) is 24.0. The summed E-state index contributed by atoms with van der Waals surface area (Å²) in [5.41, 5.74) is 7.10. The van der Waals surface area contributed by atoms with Gasteiger partial charge in [0.1, 0.15) is 0 Å². The smallest absolute Gasteiger partial charge is 0.265 e. The Balaban J connectivity index is 2.04. The number of hydrogen-bond acceptors (Lipinski definition) is 5. The fourth-order valence-electron chi connectivity index (χ4n) is 2.49. The molecule has 0 saturated carbocycles. The number of benzene rings is 1. The molecule has 0 aliphatic carbocycles. The molecule has 1 fully saturated rings. The van der Waals surface area contributed by atoms with Crippen LogP contribution in [0.15, 0.2) is 24.3 Å². The lowest BCUT2D eigenvalue weighted by Crippen LogP contribution is -2.59. The van der Waals surface area contributed by atoms with Crippen molar-refractivity contribution in [2.75, 3.05) is 18.2 Å². The molecule has 1 aliphatic rings. The van der Waals surface area contributed by atoms with Crippen LogP contribution >= 0.6 is 7.95 Å². The number of nitrogens with one attached hydrogen (secondary N) is 2. The van der Waals surface area contributed by atoms with Crippen molar-refractivity contribution < 1.29 is 14.2 Å². The highest BCUT2D eigenvalue weighted by molar-refractivity contribution is 7.49. The summed E-state index contributed by atoms with van der Waals surface area (Å²) in [5, 5.41) is 5.12. The summed E-state index contributed by atoms with van der Waals surface area (Å²) < 4.78 is 12.6. The van der Waals surface area contributed by atoms with Crippen LogP contribution in [0, 0.1) is 0 Å². The van der Waals surface area contributed by atoms with E-state index in [1.807, 2.05) is 6.92 Å². The Labute approximate surface area is 141 Å². The Morgan fingerprint density at radius 1 is 1.38 bits per heavy atom. The Morgan fingerprint density at radius 2 is 2.04 bits per heavy atom. The zero-order chi connectivity index (χ0) is 17.7. The highest BCUT2D eigenvalue weighted by Gasteiger charge is 2.45. The van der Waals surface area contributed by atoms with Crippen molar-refractivity contribution in [3.05, 3.63) is 29.8 Å². The van der Waals surface area contributed by atoms with Crippen molar-refractivity contribution in [3.8, 4) is 0 Å². The molecule has 2 rings (SSSR count). The molecule has 0 aromatic heterocycles. The summed E-state index contributed by atoms with van der Waals surface area (Å²) in [6, 6.07) is 6.54. The molecule has 0 bridgehead atoms. The summed E-state index contributed by atoms with van der Waals surface area (Å²) in [6.07, 6.45) is 1.79. The van der Waals surface area contributed by atoms with Crippen LogP contribution in [0.3, 0.4) is 0 Å². The van der Waals surface area contributed by atoms with Gasteiger partial charge in [-0.25, -0.2) is 5.84 Å². The largest absolute Gasteiger partial charge is 0.352 e. The van der Waals surface area contributed by atoms with Crippen LogP contribution in [-0.4, -0.2) is 35.2 Å². The summed E-state index contributed by atoms with van der Waals surface area (Å²) in [7, 11) is -2.66. The summed E-state index contributed by atoms with van der Waals surface area (Å²) in [5.74, 6) is 4.91. The number of nitrogens with two attached hydrogens (primary N) is 2. The van der Waals surface area contributed by atoms with E-state index in [1.54, 1.807) is 24.3 Å². The Kier molecular flexibility index (Phi) is 5.99. The van der Waals surface area contributed by atoms with Crippen LogP contribution < -0.4 is 22.0 Å². The molecule has 24 heavy (non-hydrogen) atoms. The van der Waals surface area contributed by atoms with Gasteiger partial charge in [-0.15, -0.1) is 0 Å². The first-order chi connectivity index (χ1) is 11.4. The Hall–Kier alpha value is -1.89. The quantitative estimate of drug-likeness (QED) is 0.341. The van der Waals surface area contributed by atoms with E-state index in [0.29, 0.717) is 37.2 Å². The lowest BCUT2D eigenvalue weighted by Gasteiger charge is -2.36. The van der Waals surface area contributed by atoms with Crippen molar-refractivity contribution in [3.63, 3.8) is 0 Å². The maximum atomic E-state index is 12.6. The van der Waals surface area contributed by atoms with Crippen LogP contribution in [0.4, 0.5) is 5.69 Å². The van der Waals surface area contributed by atoms with Gasteiger partial charge in [0.05, 0.1) is 0 Å². The SMILES string of the molecule is CCCNC(=O)c1ccc(N[PH](=O)[C@@]2(N)CCCN(N)C2=O)cc1.